The Morgan fingerprint density at radius 3 is 3.04 bits per heavy atom. The van der Waals surface area contributed by atoms with E-state index in [-0.39, 0.29) is 6.10 Å². The van der Waals surface area contributed by atoms with Gasteiger partial charge in [0, 0.05) is 19.2 Å². The standard InChI is InChI=1S/C15H21N7O/c1-3-16-12-19-13(2)21-20-5-7-23-15-4-6-22(10-15)14-8-17-11-18-9-14/h3,5,7-9,11-12,15,20H,4,6,10H2,1-2H3/b7-5+,16-3+,19-12+,21-13-/t15-/m1/s1. The molecular formula is C15H21N7O. The van der Waals surface area contributed by atoms with Gasteiger partial charge in [0.2, 0.25) is 0 Å². The maximum Gasteiger partial charge on any atom is 0.147 e. The molecular weight excluding hydrogens is 294 g/mol. The molecule has 2 rings (SSSR count). The first-order chi connectivity index (χ1) is 11.3. The molecule has 0 saturated carbocycles. The van der Waals surface area contributed by atoms with Gasteiger partial charge >= 0.3 is 0 Å². The van der Waals surface area contributed by atoms with E-state index in [4.69, 9.17) is 4.74 Å². The Morgan fingerprint density at radius 2 is 2.26 bits per heavy atom. The minimum atomic E-state index is 0.148. The second-order valence-electron chi connectivity index (χ2n) is 4.83. The topological polar surface area (TPSA) is 87.4 Å². The lowest BCUT2D eigenvalue weighted by Gasteiger charge is -2.16. The van der Waals surface area contributed by atoms with Crippen LogP contribution in [0.2, 0.25) is 0 Å². The Kier molecular flexibility index (Phi) is 6.70. The van der Waals surface area contributed by atoms with Crippen LogP contribution in [0.15, 0.2) is 46.3 Å². The number of hydrazone groups is 1. The van der Waals surface area contributed by atoms with Crippen molar-refractivity contribution in [2.24, 2.45) is 15.1 Å². The number of aliphatic imine (C=N–C) groups is 2. The average molecular weight is 315 g/mol. The van der Waals surface area contributed by atoms with E-state index in [1.165, 1.54) is 12.7 Å². The fraction of sp³-hybridized carbons (Fsp3) is 0.400. The molecule has 1 fully saturated rings. The number of ether oxygens (including phenoxy) is 1. The van der Waals surface area contributed by atoms with Crippen molar-refractivity contribution in [2.45, 2.75) is 26.4 Å². The molecule has 0 radical (unpaired) electrons. The summed E-state index contributed by atoms with van der Waals surface area (Å²) in [6, 6.07) is 0. The molecule has 8 nitrogen and oxygen atoms in total. The van der Waals surface area contributed by atoms with Crippen molar-refractivity contribution >= 4 is 24.1 Å². The van der Waals surface area contributed by atoms with Gasteiger partial charge in [0.15, 0.2) is 0 Å². The molecule has 1 aromatic rings. The van der Waals surface area contributed by atoms with Gasteiger partial charge in [-0.25, -0.2) is 20.0 Å². The Labute approximate surface area is 135 Å². The molecule has 1 atom stereocenters. The summed E-state index contributed by atoms with van der Waals surface area (Å²) in [7, 11) is 0. The van der Waals surface area contributed by atoms with Crippen molar-refractivity contribution in [1.82, 2.24) is 15.4 Å². The lowest BCUT2D eigenvalue weighted by Crippen LogP contribution is -2.22. The first-order valence-electron chi connectivity index (χ1n) is 7.40. The number of amidine groups is 1. The molecule has 1 saturated heterocycles. The van der Waals surface area contributed by atoms with Crippen LogP contribution in [0.4, 0.5) is 5.69 Å². The summed E-state index contributed by atoms with van der Waals surface area (Å²) >= 11 is 0. The number of rotatable bonds is 6. The monoisotopic (exact) mass is 315 g/mol. The minimum absolute atomic E-state index is 0.148. The predicted octanol–water partition coefficient (Wildman–Crippen LogP) is 1.59. The van der Waals surface area contributed by atoms with Gasteiger partial charge in [-0.3, -0.25) is 5.43 Å². The molecule has 0 aliphatic carbocycles. The van der Waals surface area contributed by atoms with E-state index in [0.717, 1.165) is 25.2 Å². The highest BCUT2D eigenvalue weighted by atomic mass is 16.5. The van der Waals surface area contributed by atoms with Crippen molar-refractivity contribution in [3.05, 3.63) is 31.2 Å². The second kappa shape index (κ2) is 9.29. The van der Waals surface area contributed by atoms with Gasteiger partial charge in [0.25, 0.3) is 0 Å². The van der Waals surface area contributed by atoms with Crippen LogP contribution in [0.25, 0.3) is 0 Å². The highest BCUT2D eigenvalue weighted by Gasteiger charge is 2.23. The fourth-order valence-corrected chi connectivity index (χ4v) is 2.05. The zero-order valence-corrected chi connectivity index (χ0v) is 13.3. The highest BCUT2D eigenvalue weighted by Crippen LogP contribution is 2.19. The quantitative estimate of drug-likeness (QED) is 0.373. The van der Waals surface area contributed by atoms with Crippen molar-refractivity contribution in [1.29, 1.82) is 0 Å². The maximum absolute atomic E-state index is 5.68. The zero-order chi connectivity index (χ0) is 16.3. The SMILES string of the molecule is C/C=N/C=N/C(C)=N\N/C=C/O[C@@H]1CCN(c2cncnc2)C1. The molecule has 0 aromatic carbocycles. The summed E-state index contributed by atoms with van der Waals surface area (Å²) in [4.78, 5) is 18.1. The molecule has 1 N–H and O–H groups in total. The zero-order valence-electron chi connectivity index (χ0n) is 13.3. The van der Waals surface area contributed by atoms with Crippen LogP contribution < -0.4 is 10.3 Å². The first kappa shape index (κ1) is 16.6. The third-order valence-electron chi connectivity index (χ3n) is 3.16. The van der Waals surface area contributed by atoms with E-state index in [1.807, 2.05) is 19.3 Å². The minimum Gasteiger partial charge on any atom is -0.495 e. The molecule has 0 spiro atoms. The van der Waals surface area contributed by atoms with E-state index in [2.05, 4.69) is 35.4 Å². The Hall–Kier alpha value is -2.77. The van der Waals surface area contributed by atoms with Crippen LogP contribution in [-0.2, 0) is 4.74 Å². The number of aromatic nitrogens is 2. The predicted molar refractivity (Wildman–Crippen MR) is 91.8 cm³/mol. The second-order valence-corrected chi connectivity index (χ2v) is 4.83. The Bertz CT molecular complexity index is 583. The van der Waals surface area contributed by atoms with Crippen molar-refractivity contribution in [2.75, 3.05) is 18.0 Å². The van der Waals surface area contributed by atoms with E-state index in [9.17, 15) is 0 Å². The van der Waals surface area contributed by atoms with Gasteiger partial charge in [-0.05, 0) is 13.8 Å². The maximum atomic E-state index is 5.68. The van der Waals surface area contributed by atoms with E-state index < -0.39 is 0 Å². The molecule has 1 aromatic heterocycles. The molecule has 1 aliphatic heterocycles. The largest absolute Gasteiger partial charge is 0.495 e. The Balaban J connectivity index is 1.70. The number of nitrogens with zero attached hydrogens (tertiary/aromatic N) is 6. The van der Waals surface area contributed by atoms with Gasteiger partial charge in [-0.1, -0.05) is 0 Å². The summed E-state index contributed by atoms with van der Waals surface area (Å²) in [5, 5.41) is 4.02. The van der Waals surface area contributed by atoms with Crippen LogP contribution in [0.3, 0.4) is 0 Å². The van der Waals surface area contributed by atoms with Crippen LogP contribution in [-0.4, -0.2) is 47.6 Å². The van der Waals surface area contributed by atoms with Crippen LogP contribution in [0.5, 0.6) is 0 Å². The number of anilines is 1. The van der Waals surface area contributed by atoms with Crippen LogP contribution in [0.1, 0.15) is 20.3 Å². The van der Waals surface area contributed by atoms with Gasteiger partial charge in [-0.2, -0.15) is 5.10 Å². The normalized spacial score (nSPS) is 19.3. The molecule has 122 valence electrons. The van der Waals surface area contributed by atoms with Gasteiger partial charge in [0.1, 0.15) is 30.9 Å². The summed E-state index contributed by atoms with van der Waals surface area (Å²) in [6.07, 6.45) is 12.6. The molecule has 0 bridgehead atoms. The third kappa shape index (κ3) is 5.85. The van der Waals surface area contributed by atoms with E-state index >= 15 is 0 Å². The van der Waals surface area contributed by atoms with Crippen molar-refractivity contribution < 1.29 is 4.74 Å². The number of hydrogen-bond donors (Lipinski definition) is 1. The summed E-state index contributed by atoms with van der Waals surface area (Å²) in [6.45, 7) is 5.36. The first-order valence-corrected chi connectivity index (χ1v) is 7.40. The van der Waals surface area contributed by atoms with Crippen LogP contribution >= 0.6 is 0 Å². The average Bonchev–Trinajstić information content (AvgIpc) is 3.04. The van der Waals surface area contributed by atoms with Crippen molar-refractivity contribution in [3.63, 3.8) is 0 Å². The van der Waals surface area contributed by atoms with Gasteiger partial charge in [0.05, 0.1) is 30.8 Å². The smallest absolute Gasteiger partial charge is 0.147 e. The van der Waals surface area contributed by atoms with Gasteiger partial charge in [-0.15, -0.1) is 0 Å². The summed E-state index contributed by atoms with van der Waals surface area (Å²) in [5.74, 6) is 0.580. The van der Waals surface area contributed by atoms with E-state index in [0.29, 0.717) is 5.84 Å². The Morgan fingerprint density at radius 1 is 1.43 bits per heavy atom. The third-order valence-corrected chi connectivity index (χ3v) is 3.16. The summed E-state index contributed by atoms with van der Waals surface area (Å²) in [5.41, 5.74) is 3.78. The lowest BCUT2D eigenvalue weighted by molar-refractivity contribution is 0.163. The number of nitrogens with one attached hydrogen (secondary N) is 1. The van der Waals surface area contributed by atoms with Crippen molar-refractivity contribution in [3.8, 4) is 0 Å². The fourth-order valence-electron chi connectivity index (χ4n) is 2.05. The van der Waals surface area contributed by atoms with Crippen LogP contribution in [0, 0.1) is 0 Å². The molecule has 2 heterocycles. The van der Waals surface area contributed by atoms with E-state index in [1.54, 1.807) is 25.6 Å². The molecule has 23 heavy (non-hydrogen) atoms. The summed E-state index contributed by atoms with van der Waals surface area (Å²) < 4.78 is 5.68. The molecule has 1 aliphatic rings. The molecule has 0 unspecified atom stereocenters. The number of hydrogen-bond acceptors (Lipinski definition) is 6. The highest BCUT2D eigenvalue weighted by molar-refractivity contribution is 5.88. The molecule has 0 amide bonds. The molecule has 8 heteroatoms. The van der Waals surface area contributed by atoms with Gasteiger partial charge < -0.3 is 9.64 Å². The lowest BCUT2D eigenvalue weighted by atomic mass is 10.3.